The van der Waals surface area contributed by atoms with Crippen LogP contribution in [0.5, 0.6) is 0 Å². The quantitative estimate of drug-likeness (QED) is 0.427. The lowest BCUT2D eigenvalue weighted by Gasteiger charge is -2.27. The number of carbonyl (C=O) groups is 5. The van der Waals surface area contributed by atoms with Crippen LogP contribution in [0.25, 0.3) is 11.4 Å². The summed E-state index contributed by atoms with van der Waals surface area (Å²) in [4.78, 5) is 67.4. The molecule has 5 rings (SSSR count). The fourth-order valence-electron chi connectivity index (χ4n) is 4.01. The predicted molar refractivity (Wildman–Crippen MR) is 119 cm³/mol. The van der Waals surface area contributed by atoms with Gasteiger partial charge in [-0.3, -0.25) is 39.2 Å². The van der Waals surface area contributed by atoms with Crippen molar-refractivity contribution in [1.29, 1.82) is 0 Å². The first kappa shape index (κ1) is 21.9. The van der Waals surface area contributed by atoms with Crippen molar-refractivity contribution < 1.29 is 24.0 Å². The maximum atomic E-state index is 13.1. The fourth-order valence-corrected chi connectivity index (χ4v) is 4.01. The summed E-state index contributed by atoms with van der Waals surface area (Å²) in [5.74, 6) is -3.06. The highest BCUT2D eigenvalue weighted by molar-refractivity contribution is 6.26. The van der Waals surface area contributed by atoms with E-state index in [1.54, 1.807) is 12.1 Å². The van der Waals surface area contributed by atoms with Gasteiger partial charge in [0.15, 0.2) is 0 Å². The van der Waals surface area contributed by atoms with E-state index in [1.807, 2.05) is 0 Å². The normalized spacial score (nSPS) is 17.4. The van der Waals surface area contributed by atoms with Crippen molar-refractivity contribution in [2.24, 2.45) is 0 Å². The minimum Gasteiger partial charge on any atom is -0.397 e. The van der Waals surface area contributed by atoms with Gasteiger partial charge >= 0.3 is 0 Å². The predicted octanol–water partition coefficient (Wildman–Crippen LogP) is -0.0378. The Kier molecular flexibility index (Phi) is 5.28. The maximum absolute atomic E-state index is 13.1. The van der Waals surface area contributed by atoms with Crippen LogP contribution in [0.2, 0.25) is 0 Å². The van der Waals surface area contributed by atoms with Crippen LogP contribution in [-0.2, 0) is 20.9 Å². The van der Waals surface area contributed by atoms with Crippen molar-refractivity contribution in [3.8, 4) is 11.4 Å². The summed E-state index contributed by atoms with van der Waals surface area (Å²) in [6.07, 6.45) is 3.06. The summed E-state index contributed by atoms with van der Waals surface area (Å²) in [6, 6.07) is 6.70. The molecule has 0 bridgehead atoms. The zero-order valence-corrected chi connectivity index (χ0v) is 18.1. The van der Waals surface area contributed by atoms with Crippen molar-refractivity contribution >= 4 is 40.9 Å². The summed E-state index contributed by atoms with van der Waals surface area (Å²) in [5.41, 5.74) is 7.28. The number of imide groups is 2. The molecule has 13 heteroatoms. The first-order chi connectivity index (χ1) is 16.8. The van der Waals surface area contributed by atoms with Gasteiger partial charge in [0.05, 0.1) is 40.6 Å². The molecule has 1 atom stereocenters. The summed E-state index contributed by atoms with van der Waals surface area (Å²) < 4.78 is 1.30. The number of nitrogens with zero attached hydrogens (tertiary/aromatic N) is 5. The van der Waals surface area contributed by atoms with Gasteiger partial charge < -0.3 is 11.1 Å². The van der Waals surface area contributed by atoms with Crippen LogP contribution in [0.4, 0.5) is 11.4 Å². The largest absolute Gasteiger partial charge is 0.397 e. The SMILES string of the molecule is Nc1ccc(-c2cn(CC(=O)Nc3cccc4c3C(=O)N(C3CCC(=O)NC3=O)C4=O)nn2)nc1. The lowest BCUT2D eigenvalue weighted by Crippen LogP contribution is -2.54. The Bertz CT molecular complexity index is 1400. The van der Waals surface area contributed by atoms with Gasteiger partial charge in [0.25, 0.3) is 11.8 Å². The Balaban J connectivity index is 1.33. The molecule has 1 aromatic carbocycles. The van der Waals surface area contributed by atoms with Gasteiger partial charge in [-0.1, -0.05) is 11.3 Å². The number of anilines is 2. The van der Waals surface area contributed by atoms with Gasteiger partial charge in [0.1, 0.15) is 18.3 Å². The molecule has 0 aliphatic carbocycles. The molecule has 2 aliphatic rings. The summed E-state index contributed by atoms with van der Waals surface area (Å²) in [7, 11) is 0. The van der Waals surface area contributed by atoms with Crippen LogP contribution in [0.15, 0.2) is 42.7 Å². The number of nitrogens with one attached hydrogen (secondary N) is 2. The van der Waals surface area contributed by atoms with Crippen LogP contribution in [0.3, 0.4) is 0 Å². The van der Waals surface area contributed by atoms with E-state index >= 15 is 0 Å². The van der Waals surface area contributed by atoms with E-state index in [0.29, 0.717) is 17.1 Å². The third kappa shape index (κ3) is 3.99. The molecule has 35 heavy (non-hydrogen) atoms. The zero-order chi connectivity index (χ0) is 24.7. The second-order valence-corrected chi connectivity index (χ2v) is 8.00. The van der Waals surface area contributed by atoms with E-state index in [2.05, 4.69) is 25.9 Å². The summed E-state index contributed by atoms with van der Waals surface area (Å²) >= 11 is 0. The molecule has 5 amide bonds. The molecule has 4 N–H and O–H groups in total. The van der Waals surface area contributed by atoms with Gasteiger partial charge in [-0.15, -0.1) is 5.10 Å². The number of fused-ring (bicyclic) bond motifs is 1. The number of carbonyl (C=O) groups excluding carboxylic acids is 5. The number of pyridine rings is 1. The highest BCUT2D eigenvalue weighted by Crippen LogP contribution is 2.32. The minimum atomic E-state index is -1.10. The molecule has 1 saturated heterocycles. The Morgan fingerprint density at radius 2 is 1.94 bits per heavy atom. The van der Waals surface area contributed by atoms with Crippen LogP contribution in [0, 0.1) is 0 Å². The molecule has 13 nitrogen and oxygen atoms in total. The van der Waals surface area contributed by atoms with Crippen molar-refractivity contribution in [2.75, 3.05) is 11.1 Å². The Labute approximate surface area is 197 Å². The zero-order valence-electron chi connectivity index (χ0n) is 18.1. The molecule has 3 aromatic rings. The number of benzene rings is 1. The number of rotatable bonds is 5. The van der Waals surface area contributed by atoms with Gasteiger partial charge in [-0.05, 0) is 30.7 Å². The highest BCUT2D eigenvalue weighted by atomic mass is 16.2. The van der Waals surface area contributed by atoms with Crippen LogP contribution < -0.4 is 16.4 Å². The van der Waals surface area contributed by atoms with Gasteiger partial charge in [-0.25, -0.2) is 4.68 Å². The third-order valence-corrected chi connectivity index (χ3v) is 5.64. The van der Waals surface area contributed by atoms with E-state index in [9.17, 15) is 24.0 Å². The monoisotopic (exact) mass is 474 g/mol. The smallest absolute Gasteiger partial charge is 0.264 e. The minimum absolute atomic E-state index is 0.0131. The first-order valence-electron chi connectivity index (χ1n) is 10.6. The molecule has 4 heterocycles. The Morgan fingerprint density at radius 1 is 1.11 bits per heavy atom. The van der Waals surface area contributed by atoms with E-state index in [0.717, 1.165) is 4.90 Å². The first-order valence-corrected chi connectivity index (χ1v) is 10.6. The lowest BCUT2D eigenvalue weighted by molar-refractivity contribution is -0.136. The van der Waals surface area contributed by atoms with E-state index < -0.39 is 35.6 Å². The number of amides is 5. The van der Waals surface area contributed by atoms with E-state index in [4.69, 9.17) is 5.73 Å². The number of nitrogen functional groups attached to an aromatic ring is 1. The van der Waals surface area contributed by atoms with Gasteiger partial charge in [-0.2, -0.15) is 0 Å². The number of nitrogens with two attached hydrogens (primary N) is 1. The third-order valence-electron chi connectivity index (χ3n) is 5.64. The molecule has 2 aliphatic heterocycles. The standard InChI is InChI=1S/C22H18N8O5/c23-11-4-5-13(24-8-11)15-9-29(28-27-15)10-18(32)25-14-3-1-2-12-19(14)22(35)30(21(12)34)16-6-7-17(31)26-20(16)33/h1-5,8-9,16H,6-7,10,23H2,(H,25,32)(H,26,31,33). The van der Waals surface area contributed by atoms with Crippen LogP contribution >= 0.6 is 0 Å². The number of piperidine rings is 1. The average Bonchev–Trinajstić information content (AvgIpc) is 3.38. The van der Waals surface area contributed by atoms with Crippen LogP contribution in [0.1, 0.15) is 33.6 Å². The molecular formula is C22H18N8O5. The fraction of sp³-hybridized carbons (Fsp3) is 0.182. The number of hydrogen-bond donors (Lipinski definition) is 3. The number of aromatic nitrogens is 4. The topological polar surface area (TPSA) is 182 Å². The molecule has 1 fully saturated rings. The van der Waals surface area contributed by atoms with E-state index in [-0.39, 0.29) is 36.2 Å². The van der Waals surface area contributed by atoms with Crippen molar-refractivity contribution in [3.05, 3.63) is 53.9 Å². The summed E-state index contributed by atoms with van der Waals surface area (Å²) in [6.45, 7) is -0.218. The molecule has 2 aromatic heterocycles. The van der Waals surface area contributed by atoms with E-state index in [1.165, 1.54) is 35.3 Å². The van der Waals surface area contributed by atoms with Gasteiger partial charge in [0, 0.05) is 6.42 Å². The maximum Gasteiger partial charge on any atom is 0.264 e. The van der Waals surface area contributed by atoms with Crippen molar-refractivity contribution in [3.63, 3.8) is 0 Å². The van der Waals surface area contributed by atoms with Crippen LogP contribution in [-0.4, -0.2) is 60.5 Å². The lowest BCUT2D eigenvalue weighted by atomic mass is 10.0. The molecule has 0 spiro atoms. The molecule has 0 radical (unpaired) electrons. The molecule has 0 saturated carbocycles. The molecule has 176 valence electrons. The Hall–Kier alpha value is -4.94. The summed E-state index contributed by atoms with van der Waals surface area (Å²) in [5, 5.41) is 12.7. The van der Waals surface area contributed by atoms with Crippen molar-refractivity contribution in [2.45, 2.75) is 25.4 Å². The molecular weight excluding hydrogens is 456 g/mol. The van der Waals surface area contributed by atoms with Gasteiger partial charge in [0.2, 0.25) is 17.7 Å². The second-order valence-electron chi connectivity index (χ2n) is 8.00. The number of hydrogen-bond acceptors (Lipinski definition) is 9. The highest BCUT2D eigenvalue weighted by Gasteiger charge is 2.45. The second kappa shape index (κ2) is 8.44. The molecule has 1 unspecified atom stereocenters. The Morgan fingerprint density at radius 3 is 2.69 bits per heavy atom. The average molecular weight is 474 g/mol. The van der Waals surface area contributed by atoms with Crippen molar-refractivity contribution in [1.82, 2.24) is 30.2 Å².